The van der Waals surface area contributed by atoms with Crippen molar-refractivity contribution in [1.29, 1.82) is 5.26 Å². The molecule has 3 heterocycles. The first-order valence-corrected chi connectivity index (χ1v) is 11.0. The van der Waals surface area contributed by atoms with Crippen LogP contribution in [0.4, 0.5) is 5.69 Å². The predicted octanol–water partition coefficient (Wildman–Crippen LogP) is 0.673. The van der Waals surface area contributed by atoms with Gasteiger partial charge in [0, 0.05) is 24.6 Å². The van der Waals surface area contributed by atoms with E-state index in [1.165, 1.54) is 4.40 Å². The second-order valence-electron chi connectivity index (χ2n) is 6.15. The molecule has 10 nitrogen and oxygen atoms in total. The maximum absolute atomic E-state index is 12.3. The topological polar surface area (TPSA) is 148 Å². The number of hydrogen-bond donors (Lipinski definition) is 3. The molecule has 0 atom stereocenters. The highest BCUT2D eigenvalue weighted by Crippen LogP contribution is 2.39. The van der Waals surface area contributed by atoms with Crippen LogP contribution in [0.5, 0.6) is 0 Å². The van der Waals surface area contributed by atoms with E-state index in [2.05, 4.69) is 26.2 Å². The van der Waals surface area contributed by atoms with Crippen LogP contribution in [0.3, 0.4) is 0 Å². The third kappa shape index (κ3) is 3.33. The molecule has 0 saturated carbocycles. The summed E-state index contributed by atoms with van der Waals surface area (Å²) in [6, 6.07) is 5.49. The van der Waals surface area contributed by atoms with E-state index in [4.69, 9.17) is 0 Å². The number of anilines is 1. The minimum absolute atomic E-state index is 0.000657. The van der Waals surface area contributed by atoms with Crippen molar-refractivity contribution >= 4 is 41.7 Å². The molecule has 4 rings (SSSR count). The van der Waals surface area contributed by atoms with Crippen molar-refractivity contribution in [1.82, 2.24) is 19.6 Å². The Bertz CT molecular complexity index is 1190. The Kier molecular flexibility index (Phi) is 4.44. The summed E-state index contributed by atoms with van der Waals surface area (Å²) in [6.07, 6.45) is -0.636. The summed E-state index contributed by atoms with van der Waals surface area (Å²) in [5.74, 6) is 1.89. The van der Waals surface area contributed by atoms with E-state index >= 15 is 0 Å². The Hall–Kier alpha value is -2.38. The van der Waals surface area contributed by atoms with Gasteiger partial charge < -0.3 is 19.7 Å². The fourth-order valence-electron chi connectivity index (χ4n) is 3.20. The highest BCUT2D eigenvalue weighted by Gasteiger charge is 2.23. The molecular formula is C15H15N6O4PS. The van der Waals surface area contributed by atoms with Crippen molar-refractivity contribution in [3.8, 4) is 6.07 Å². The van der Waals surface area contributed by atoms with E-state index in [0.717, 1.165) is 30.3 Å². The molecule has 140 valence electrons. The van der Waals surface area contributed by atoms with Crippen molar-refractivity contribution in [2.24, 2.45) is 0 Å². The molecule has 12 heteroatoms. The van der Waals surface area contributed by atoms with Crippen LogP contribution >= 0.6 is 19.4 Å². The van der Waals surface area contributed by atoms with Crippen LogP contribution in [-0.2, 0) is 10.7 Å². The standard InChI is InChI=1S/C15H15N6O4PS/c16-7-9-5-10-12(6-11(9)20-1-3-27-4-2-20)21-13(8-26(23,24)25)18-19-14(21)15(22)17-10/h5-6H,1-4,8H2,(H,17,22)(H2,23,24,25). The number of fused-ring (bicyclic) bond motifs is 3. The molecule has 27 heavy (non-hydrogen) atoms. The molecule has 3 aromatic rings. The van der Waals surface area contributed by atoms with Gasteiger partial charge in [0.1, 0.15) is 18.1 Å². The third-order valence-electron chi connectivity index (χ3n) is 4.36. The van der Waals surface area contributed by atoms with Crippen molar-refractivity contribution in [3.05, 3.63) is 33.9 Å². The minimum atomic E-state index is -4.41. The van der Waals surface area contributed by atoms with Gasteiger partial charge in [-0.05, 0) is 12.1 Å². The average molecular weight is 406 g/mol. The van der Waals surface area contributed by atoms with Crippen molar-refractivity contribution < 1.29 is 14.4 Å². The molecule has 0 unspecified atom stereocenters. The van der Waals surface area contributed by atoms with Crippen LogP contribution in [0.25, 0.3) is 16.7 Å². The number of nitrogens with one attached hydrogen (secondary N) is 1. The number of benzene rings is 1. The zero-order valence-corrected chi connectivity index (χ0v) is 15.7. The SMILES string of the molecule is N#Cc1cc2[nH]c(=O)c3nnc(CP(=O)(O)O)n3c2cc1N1CCSCC1. The largest absolute Gasteiger partial charge is 0.369 e. The maximum atomic E-state index is 12.3. The fraction of sp³-hybridized carbons (Fsp3) is 0.333. The lowest BCUT2D eigenvalue weighted by molar-refractivity contribution is 0.370. The first-order chi connectivity index (χ1) is 12.9. The van der Waals surface area contributed by atoms with Crippen LogP contribution in [-0.4, -0.2) is 54.0 Å². The van der Waals surface area contributed by atoms with Gasteiger partial charge in [0.15, 0.2) is 0 Å². The molecule has 0 amide bonds. The van der Waals surface area contributed by atoms with E-state index in [0.29, 0.717) is 16.6 Å². The number of nitrogens with zero attached hydrogens (tertiary/aromatic N) is 5. The third-order valence-corrected chi connectivity index (χ3v) is 5.99. The quantitative estimate of drug-likeness (QED) is 0.534. The molecule has 0 bridgehead atoms. The molecule has 1 saturated heterocycles. The van der Waals surface area contributed by atoms with Gasteiger partial charge in [-0.2, -0.15) is 17.0 Å². The number of thioether (sulfide) groups is 1. The summed E-state index contributed by atoms with van der Waals surface area (Å²) in [5.41, 5.74) is 1.42. The number of aromatic nitrogens is 4. The Balaban J connectivity index is 2.02. The molecule has 1 aliphatic heterocycles. The van der Waals surface area contributed by atoms with Crippen molar-refractivity contribution in [2.75, 3.05) is 29.5 Å². The second-order valence-corrected chi connectivity index (χ2v) is 9.02. The van der Waals surface area contributed by atoms with E-state index in [1.807, 2.05) is 11.8 Å². The van der Waals surface area contributed by atoms with Crippen molar-refractivity contribution in [2.45, 2.75) is 6.16 Å². The minimum Gasteiger partial charge on any atom is -0.369 e. The van der Waals surface area contributed by atoms with E-state index in [1.54, 1.807) is 12.1 Å². The van der Waals surface area contributed by atoms with Gasteiger partial charge in [-0.1, -0.05) is 0 Å². The molecule has 3 N–H and O–H groups in total. The molecule has 1 aromatic carbocycles. The van der Waals surface area contributed by atoms with Crippen LogP contribution < -0.4 is 10.5 Å². The smallest absolute Gasteiger partial charge is 0.333 e. The number of aromatic amines is 1. The molecular weight excluding hydrogens is 391 g/mol. The summed E-state index contributed by atoms with van der Waals surface area (Å²) in [4.78, 5) is 35.7. The summed E-state index contributed by atoms with van der Waals surface area (Å²) in [7, 11) is -4.41. The molecule has 1 aliphatic rings. The van der Waals surface area contributed by atoms with Crippen LogP contribution in [0.2, 0.25) is 0 Å². The first-order valence-electron chi connectivity index (χ1n) is 8.09. The molecule has 0 spiro atoms. The summed E-state index contributed by atoms with van der Waals surface area (Å²) in [5, 5.41) is 17.1. The fourth-order valence-corrected chi connectivity index (χ4v) is 4.68. The Morgan fingerprint density at radius 2 is 2.04 bits per heavy atom. The zero-order chi connectivity index (χ0) is 19.2. The summed E-state index contributed by atoms with van der Waals surface area (Å²) in [6.45, 7) is 1.57. The molecule has 0 radical (unpaired) electrons. The Labute approximate surface area is 157 Å². The number of H-pyrrole nitrogens is 1. The average Bonchev–Trinajstić information content (AvgIpc) is 3.04. The number of nitriles is 1. The molecule has 2 aromatic heterocycles. The van der Waals surface area contributed by atoms with E-state index in [-0.39, 0.29) is 11.5 Å². The van der Waals surface area contributed by atoms with E-state index in [9.17, 15) is 24.4 Å². The maximum Gasteiger partial charge on any atom is 0.333 e. The summed E-state index contributed by atoms with van der Waals surface area (Å²) < 4.78 is 12.8. The number of rotatable bonds is 3. The normalized spacial score (nSPS) is 15.4. The lowest BCUT2D eigenvalue weighted by atomic mass is 10.1. The highest BCUT2D eigenvalue weighted by atomic mass is 32.2. The van der Waals surface area contributed by atoms with Crippen LogP contribution in [0, 0.1) is 11.3 Å². The van der Waals surface area contributed by atoms with Gasteiger partial charge in [-0.15, -0.1) is 10.2 Å². The van der Waals surface area contributed by atoms with E-state index < -0.39 is 19.3 Å². The van der Waals surface area contributed by atoms with Crippen LogP contribution in [0.15, 0.2) is 16.9 Å². The Morgan fingerprint density at radius 1 is 1.30 bits per heavy atom. The lowest BCUT2D eigenvalue weighted by Crippen LogP contribution is -2.33. The zero-order valence-electron chi connectivity index (χ0n) is 14.0. The van der Waals surface area contributed by atoms with Crippen molar-refractivity contribution in [3.63, 3.8) is 0 Å². The van der Waals surface area contributed by atoms with Crippen LogP contribution in [0.1, 0.15) is 11.4 Å². The summed E-state index contributed by atoms with van der Waals surface area (Å²) >= 11 is 1.84. The molecule has 1 fully saturated rings. The second kappa shape index (κ2) is 6.65. The van der Waals surface area contributed by atoms with Gasteiger partial charge in [-0.3, -0.25) is 13.8 Å². The van der Waals surface area contributed by atoms with Gasteiger partial charge in [0.05, 0.1) is 22.3 Å². The molecule has 0 aliphatic carbocycles. The first kappa shape index (κ1) is 18.0. The predicted molar refractivity (Wildman–Crippen MR) is 101 cm³/mol. The number of hydrogen-bond acceptors (Lipinski definition) is 7. The van der Waals surface area contributed by atoms with Gasteiger partial charge >= 0.3 is 7.60 Å². The highest BCUT2D eigenvalue weighted by molar-refractivity contribution is 7.99. The monoisotopic (exact) mass is 406 g/mol. The Morgan fingerprint density at radius 3 is 2.70 bits per heavy atom. The van der Waals surface area contributed by atoms with Gasteiger partial charge in [-0.25, -0.2) is 0 Å². The van der Waals surface area contributed by atoms with Gasteiger partial charge in [0.2, 0.25) is 5.65 Å². The lowest BCUT2D eigenvalue weighted by Gasteiger charge is -2.29. The van der Waals surface area contributed by atoms with Gasteiger partial charge in [0.25, 0.3) is 5.56 Å².